The molecule has 0 saturated heterocycles. The summed E-state index contributed by atoms with van der Waals surface area (Å²) in [5.74, 6) is 0.522. The van der Waals surface area contributed by atoms with E-state index in [0.29, 0.717) is 44.5 Å². The Morgan fingerprint density at radius 2 is 1.07 bits per heavy atom. The summed E-state index contributed by atoms with van der Waals surface area (Å²) < 4.78 is 0. The predicted molar refractivity (Wildman–Crippen MR) is 196 cm³/mol. The van der Waals surface area contributed by atoms with E-state index in [1.165, 1.54) is 51.4 Å². The molecule has 0 aliphatic heterocycles. The van der Waals surface area contributed by atoms with Crippen molar-refractivity contribution in [1.82, 2.24) is 10.6 Å². The molecule has 0 heterocycles. The maximum absolute atomic E-state index is 12.7. The number of carbonyl (C=O) groups excluding carboxylic acids is 2. The molecule has 0 radical (unpaired) electrons. The standard InChI is InChI=1S/2C20H30ClNO/c1-14(2)19(23)18(15-5-7-16(21)8-6-15)13-22-17-9-11-20(3,4)12-10-17;1-14(2)19(23)18(15-7-9-16(21)10-8-15)13-22-17-6-5-11-20(3,4)12-17/h5-8,14,17-18,22H,9-13H2,1-4H3;7-10,14,17-18,22H,5-6,11-13H2,1-4H3/t18-;17?,18-/m11/s1. The molecule has 0 aromatic heterocycles. The van der Waals surface area contributed by atoms with Gasteiger partial charge in [0, 0.05) is 47.1 Å². The summed E-state index contributed by atoms with van der Waals surface area (Å²) in [6, 6.07) is 16.5. The minimum absolute atomic E-state index is 0.0419. The van der Waals surface area contributed by atoms with Crippen LogP contribution in [0.4, 0.5) is 0 Å². The second-order valence-corrected chi connectivity index (χ2v) is 16.9. The topological polar surface area (TPSA) is 58.2 Å². The van der Waals surface area contributed by atoms with E-state index in [0.717, 1.165) is 24.2 Å². The average molecular weight is 672 g/mol. The third-order valence-corrected chi connectivity index (χ3v) is 10.6. The van der Waals surface area contributed by atoms with E-state index in [1.54, 1.807) is 0 Å². The number of hydrogen-bond donors (Lipinski definition) is 2. The number of nitrogens with one attached hydrogen (secondary N) is 2. The summed E-state index contributed by atoms with van der Waals surface area (Å²) in [6.45, 7) is 18.8. The second-order valence-electron chi connectivity index (χ2n) is 16.0. The number of hydrogen-bond acceptors (Lipinski definition) is 4. The Bertz CT molecular complexity index is 1230. The number of ketones is 2. The molecule has 2 aliphatic carbocycles. The lowest BCUT2D eigenvalue weighted by molar-refractivity contribution is -0.124. The zero-order chi connectivity index (χ0) is 34.1. The van der Waals surface area contributed by atoms with Crippen molar-refractivity contribution in [1.29, 1.82) is 0 Å². The Morgan fingerprint density at radius 1 is 0.652 bits per heavy atom. The number of benzene rings is 2. The summed E-state index contributed by atoms with van der Waals surface area (Å²) in [5, 5.41) is 8.76. The fraction of sp³-hybridized carbons (Fsp3) is 0.650. The maximum Gasteiger partial charge on any atom is 0.144 e. The monoisotopic (exact) mass is 670 g/mol. The smallest absolute Gasteiger partial charge is 0.144 e. The molecular formula is C40H60Cl2N2O2. The Balaban J connectivity index is 0.000000250. The molecule has 6 heteroatoms. The molecule has 2 fully saturated rings. The molecule has 4 rings (SSSR count). The average Bonchev–Trinajstić information content (AvgIpc) is 2.99. The first-order valence-corrected chi connectivity index (χ1v) is 18.4. The van der Waals surface area contributed by atoms with E-state index in [-0.39, 0.29) is 23.7 Å². The van der Waals surface area contributed by atoms with Gasteiger partial charge >= 0.3 is 0 Å². The van der Waals surface area contributed by atoms with Crippen molar-refractivity contribution in [2.24, 2.45) is 22.7 Å². The van der Waals surface area contributed by atoms with E-state index in [2.05, 4.69) is 38.3 Å². The highest BCUT2D eigenvalue weighted by Crippen LogP contribution is 2.36. The molecule has 2 N–H and O–H groups in total. The van der Waals surface area contributed by atoms with Crippen molar-refractivity contribution in [3.05, 3.63) is 69.7 Å². The van der Waals surface area contributed by atoms with Gasteiger partial charge in [-0.3, -0.25) is 9.59 Å². The zero-order valence-corrected chi connectivity index (χ0v) is 31.2. The van der Waals surface area contributed by atoms with Gasteiger partial charge in [0.1, 0.15) is 11.6 Å². The van der Waals surface area contributed by atoms with Gasteiger partial charge in [-0.05, 0) is 91.2 Å². The fourth-order valence-electron chi connectivity index (χ4n) is 7.01. The fourth-order valence-corrected chi connectivity index (χ4v) is 7.26. The van der Waals surface area contributed by atoms with E-state index < -0.39 is 0 Å². The Morgan fingerprint density at radius 3 is 1.46 bits per heavy atom. The van der Waals surface area contributed by atoms with Crippen molar-refractivity contribution in [2.75, 3.05) is 13.1 Å². The van der Waals surface area contributed by atoms with E-state index >= 15 is 0 Å². The molecule has 2 saturated carbocycles. The molecule has 2 aromatic carbocycles. The largest absolute Gasteiger partial charge is 0.313 e. The quantitative estimate of drug-likeness (QED) is 0.236. The minimum atomic E-state index is -0.0858. The van der Waals surface area contributed by atoms with Crippen LogP contribution >= 0.6 is 23.2 Å². The maximum atomic E-state index is 12.7. The lowest BCUT2D eigenvalue weighted by atomic mass is 9.75. The third kappa shape index (κ3) is 12.4. The molecule has 3 atom stereocenters. The van der Waals surface area contributed by atoms with Crippen LogP contribution in [0.1, 0.15) is 130 Å². The van der Waals surface area contributed by atoms with Crippen molar-refractivity contribution >= 4 is 34.8 Å². The van der Waals surface area contributed by atoms with Crippen LogP contribution in [0.25, 0.3) is 0 Å². The number of halogens is 2. The van der Waals surface area contributed by atoms with Gasteiger partial charge in [-0.1, -0.05) is 109 Å². The van der Waals surface area contributed by atoms with Crippen LogP contribution in [0.15, 0.2) is 48.5 Å². The van der Waals surface area contributed by atoms with Crippen molar-refractivity contribution in [3.8, 4) is 0 Å². The molecule has 2 aromatic rings. The van der Waals surface area contributed by atoms with Crippen LogP contribution in [0.2, 0.25) is 10.0 Å². The number of carbonyl (C=O) groups is 2. The Hall–Kier alpha value is -1.72. The Kier molecular flexibility index (Phi) is 14.8. The first-order valence-electron chi connectivity index (χ1n) is 17.6. The predicted octanol–water partition coefficient (Wildman–Crippen LogP) is 10.4. The van der Waals surface area contributed by atoms with Crippen LogP contribution in [0.5, 0.6) is 0 Å². The summed E-state index contributed by atoms with van der Waals surface area (Å²) in [6.07, 6.45) is 9.91. The van der Waals surface area contributed by atoms with Crippen LogP contribution in [-0.2, 0) is 9.59 Å². The highest BCUT2D eigenvalue weighted by molar-refractivity contribution is 6.30. The van der Waals surface area contributed by atoms with Gasteiger partial charge in [0.2, 0.25) is 0 Å². The van der Waals surface area contributed by atoms with Crippen molar-refractivity contribution < 1.29 is 9.59 Å². The van der Waals surface area contributed by atoms with Crippen LogP contribution in [-0.4, -0.2) is 36.7 Å². The molecule has 0 spiro atoms. The first kappa shape index (κ1) is 38.7. The van der Waals surface area contributed by atoms with Gasteiger partial charge in [0.25, 0.3) is 0 Å². The lowest BCUT2D eigenvalue weighted by Crippen LogP contribution is -2.40. The van der Waals surface area contributed by atoms with E-state index in [4.69, 9.17) is 23.2 Å². The SMILES string of the molecule is CC(C)C(=O)[C@H](CNC1CCC(C)(C)CC1)c1ccc(Cl)cc1.CC(C)C(=O)[C@H](CNC1CCCC(C)(C)C1)c1ccc(Cl)cc1. The van der Waals surface area contributed by atoms with Gasteiger partial charge in [-0.25, -0.2) is 0 Å². The highest BCUT2D eigenvalue weighted by atomic mass is 35.5. The van der Waals surface area contributed by atoms with E-state index in [1.807, 2.05) is 76.2 Å². The minimum Gasteiger partial charge on any atom is -0.313 e. The second kappa shape index (κ2) is 17.6. The number of rotatable bonds is 12. The summed E-state index contributed by atoms with van der Waals surface area (Å²) in [5.41, 5.74) is 3.02. The van der Waals surface area contributed by atoms with Gasteiger partial charge < -0.3 is 10.6 Å². The lowest BCUT2D eigenvalue weighted by Gasteiger charge is -2.36. The molecule has 4 nitrogen and oxygen atoms in total. The zero-order valence-electron chi connectivity index (χ0n) is 29.7. The molecule has 0 bridgehead atoms. The molecule has 46 heavy (non-hydrogen) atoms. The number of Topliss-reactive ketones (excluding diaryl/α,β-unsaturated/α-hetero) is 2. The third-order valence-electron chi connectivity index (χ3n) is 10.1. The molecule has 256 valence electrons. The van der Waals surface area contributed by atoms with Crippen LogP contribution in [0.3, 0.4) is 0 Å². The van der Waals surface area contributed by atoms with Gasteiger partial charge in [0.15, 0.2) is 0 Å². The highest BCUT2D eigenvalue weighted by Gasteiger charge is 2.31. The molecule has 0 amide bonds. The van der Waals surface area contributed by atoms with Crippen molar-refractivity contribution in [2.45, 2.75) is 131 Å². The van der Waals surface area contributed by atoms with Gasteiger partial charge in [-0.2, -0.15) is 0 Å². The summed E-state index contributed by atoms with van der Waals surface area (Å²) in [7, 11) is 0. The first-order chi connectivity index (χ1) is 21.6. The molecular weight excluding hydrogens is 611 g/mol. The molecule has 2 aliphatic rings. The summed E-state index contributed by atoms with van der Waals surface area (Å²) in [4.78, 5) is 25.3. The van der Waals surface area contributed by atoms with E-state index in [9.17, 15) is 9.59 Å². The van der Waals surface area contributed by atoms with Crippen LogP contribution < -0.4 is 10.6 Å². The van der Waals surface area contributed by atoms with Crippen LogP contribution in [0, 0.1) is 22.7 Å². The summed E-state index contributed by atoms with van der Waals surface area (Å²) >= 11 is 12.0. The van der Waals surface area contributed by atoms with Gasteiger partial charge in [0.05, 0.1) is 11.8 Å². The van der Waals surface area contributed by atoms with Crippen molar-refractivity contribution in [3.63, 3.8) is 0 Å². The van der Waals surface area contributed by atoms with Gasteiger partial charge in [-0.15, -0.1) is 0 Å². The molecule has 1 unspecified atom stereocenters. The normalized spacial score (nSPS) is 20.9. The Labute approximate surface area is 290 Å².